The van der Waals surface area contributed by atoms with E-state index in [1.807, 2.05) is 18.2 Å². The minimum Gasteiger partial charge on any atom is -0.491 e. The highest BCUT2D eigenvalue weighted by atomic mass is 16.5. The van der Waals surface area contributed by atoms with E-state index in [0.29, 0.717) is 37.1 Å². The molecule has 1 saturated heterocycles. The summed E-state index contributed by atoms with van der Waals surface area (Å²) in [4.78, 5) is 23.8. The number of rotatable bonds is 6. The number of piperazine rings is 1. The molecular formula is C16H23N3O3. The molecule has 3 N–H and O–H groups in total. The zero-order valence-electron chi connectivity index (χ0n) is 13.0. The summed E-state index contributed by atoms with van der Waals surface area (Å²) in [6, 6.07) is 6.84. The minimum atomic E-state index is -0.475. The fourth-order valence-electron chi connectivity index (χ4n) is 2.15. The van der Waals surface area contributed by atoms with Crippen LogP contribution in [-0.2, 0) is 9.59 Å². The van der Waals surface area contributed by atoms with Gasteiger partial charge in [0.2, 0.25) is 11.8 Å². The molecule has 0 bridgehead atoms. The van der Waals surface area contributed by atoms with E-state index in [-0.39, 0.29) is 18.2 Å². The van der Waals surface area contributed by atoms with E-state index in [0.717, 1.165) is 0 Å². The fraction of sp³-hybridized carbons (Fsp3) is 0.500. The van der Waals surface area contributed by atoms with Gasteiger partial charge in [0.1, 0.15) is 5.75 Å². The lowest BCUT2D eigenvalue weighted by Crippen LogP contribution is -2.53. The van der Waals surface area contributed by atoms with Crippen LogP contribution in [0.1, 0.15) is 20.3 Å². The average Bonchev–Trinajstić information content (AvgIpc) is 2.48. The molecule has 6 nitrogen and oxygen atoms in total. The van der Waals surface area contributed by atoms with Gasteiger partial charge in [0.05, 0.1) is 24.8 Å². The third-order valence-corrected chi connectivity index (χ3v) is 3.25. The quantitative estimate of drug-likeness (QED) is 0.736. The SMILES string of the molecule is CC(C)COc1ccccc1NC(=O)CC1NCCNC1=O. The molecule has 2 amide bonds. The van der Waals surface area contributed by atoms with Gasteiger partial charge in [-0.2, -0.15) is 0 Å². The molecule has 1 heterocycles. The maximum atomic E-state index is 12.1. The zero-order valence-corrected chi connectivity index (χ0v) is 13.0. The minimum absolute atomic E-state index is 0.102. The number of carbonyl (C=O) groups is 2. The second kappa shape index (κ2) is 7.79. The molecule has 1 aliphatic rings. The summed E-state index contributed by atoms with van der Waals surface area (Å²) >= 11 is 0. The van der Waals surface area contributed by atoms with E-state index in [1.165, 1.54) is 0 Å². The molecule has 0 radical (unpaired) electrons. The first kappa shape index (κ1) is 16.3. The van der Waals surface area contributed by atoms with Crippen molar-refractivity contribution >= 4 is 17.5 Å². The molecule has 22 heavy (non-hydrogen) atoms. The third kappa shape index (κ3) is 4.73. The van der Waals surface area contributed by atoms with E-state index in [4.69, 9.17) is 4.74 Å². The Labute approximate surface area is 130 Å². The van der Waals surface area contributed by atoms with Crippen molar-refractivity contribution in [3.63, 3.8) is 0 Å². The van der Waals surface area contributed by atoms with Crippen molar-refractivity contribution in [2.45, 2.75) is 26.3 Å². The molecule has 6 heteroatoms. The van der Waals surface area contributed by atoms with Crippen LogP contribution in [0.4, 0.5) is 5.69 Å². The highest BCUT2D eigenvalue weighted by Crippen LogP contribution is 2.24. The number of para-hydroxylation sites is 2. The molecule has 1 unspecified atom stereocenters. The van der Waals surface area contributed by atoms with Crippen LogP contribution < -0.4 is 20.7 Å². The van der Waals surface area contributed by atoms with Gasteiger partial charge in [0, 0.05) is 13.1 Å². The molecule has 0 aromatic heterocycles. The number of amides is 2. The number of hydrogen-bond acceptors (Lipinski definition) is 4. The van der Waals surface area contributed by atoms with Gasteiger partial charge in [-0.25, -0.2) is 0 Å². The Balaban J connectivity index is 1.94. The van der Waals surface area contributed by atoms with Crippen LogP contribution in [-0.4, -0.2) is 37.6 Å². The maximum Gasteiger partial charge on any atom is 0.237 e. The molecule has 2 rings (SSSR count). The molecule has 0 aliphatic carbocycles. The van der Waals surface area contributed by atoms with Gasteiger partial charge in [-0.05, 0) is 18.1 Å². The monoisotopic (exact) mass is 305 g/mol. The van der Waals surface area contributed by atoms with Gasteiger partial charge in [0.15, 0.2) is 0 Å². The maximum absolute atomic E-state index is 12.1. The number of nitrogens with one attached hydrogen (secondary N) is 3. The van der Waals surface area contributed by atoms with Crippen molar-refractivity contribution in [1.82, 2.24) is 10.6 Å². The summed E-state index contributed by atoms with van der Waals surface area (Å²) in [6.45, 7) is 5.99. The lowest BCUT2D eigenvalue weighted by atomic mass is 10.1. The third-order valence-electron chi connectivity index (χ3n) is 3.25. The average molecular weight is 305 g/mol. The Morgan fingerprint density at radius 3 is 2.86 bits per heavy atom. The molecule has 1 aromatic rings. The highest BCUT2D eigenvalue weighted by molar-refractivity contribution is 5.96. The van der Waals surface area contributed by atoms with Crippen LogP contribution >= 0.6 is 0 Å². The number of anilines is 1. The summed E-state index contributed by atoms with van der Waals surface area (Å²) in [6.07, 6.45) is 0.102. The second-order valence-corrected chi connectivity index (χ2v) is 5.75. The molecule has 1 atom stereocenters. The Morgan fingerprint density at radius 1 is 1.36 bits per heavy atom. The normalized spacial score (nSPS) is 18.0. The zero-order chi connectivity index (χ0) is 15.9. The molecular weight excluding hydrogens is 282 g/mol. The second-order valence-electron chi connectivity index (χ2n) is 5.75. The van der Waals surface area contributed by atoms with Crippen LogP contribution in [0, 0.1) is 5.92 Å². The van der Waals surface area contributed by atoms with E-state index in [2.05, 4.69) is 29.8 Å². The topological polar surface area (TPSA) is 79.5 Å². The Bertz CT molecular complexity index is 531. The van der Waals surface area contributed by atoms with Gasteiger partial charge < -0.3 is 20.7 Å². The van der Waals surface area contributed by atoms with E-state index in [1.54, 1.807) is 6.07 Å². The van der Waals surface area contributed by atoms with E-state index >= 15 is 0 Å². The summed E-state index contributed by atoms with van der Waals surface area (Å²) in [7, 11) is 0. The van der Waals surface area contributed by atoms with Gasteiger partial charge in [-0.1, -0.05) is 26.0 Å². The van der Waals surface area contributed by atoms with Crippen molar-refractivity contribution in [3.05, 3.63) is 24.3 Å². The van der Waals surface area contributed by atoms with Gasteiger partial charge in [-0.3, -0.25) is 9.59 Å². The standard InChI is InChI=1S/C16H23N3O3/c1-11(2)10-22-14-6-4-3-5-12(14)19-15(20)9-13-16(21)18-8-7-17-13/h3-6,11,13,17H,7-10H2,1-2H3,(H,18,21)(H,19,20). The Hall–Kier alpha value is -2.08. The Morgan fingerprint density at radius 2 is 2.14 bits per heavy atom. The molecule has 0 spiro atoms. The summed E-state index contributed by atoms with van der Waals surface area (Å²) in [5.74, 6) is 0.699. The summed E-state index contributed by atoms with van der Waals surface area (Å²) in [5, 5.41) is 8.59. The number of benzene rings is 1. The van der Waals surface area contributed by atoms with E-state index in [9.17, 15) is 9.59 Å². The molecule has 0 saturated carbocycles. The van der Waals surface area contributed by atoms with Crippen molar-refractivity contribution in [1.29, 1.82) is 0 Å². The molecule has 1 aromatic carbocycles. The molecule has 1 aliphatic heterocycles. The number of hydrogen-bond donors (Lipinski definition) is 3. The van der Waals surface area contributed by atoms with Gasteiger partial charge in [0.25, 0.3) is 0 Å². The van der Waals surface area contributed by atoms with Crippen LogP contribution in [0.2, 0.25) is 0 Å². The van der Waals surface area contributed by atoms with Crippen LogP contribution in [0.3, 0.4) is 0 Å². The largest absolute Gasteiger partial charge is 0.491 e. The van der Waals surface area contributed by atoms with Crippen molar-refractivity contribution in [2.24, 2.45) is 5.92 Å². The molecule has 1 fully saturated rings. The van der Waals surface area contributed by atoms with Crippen LogP contribution in [0.15, 0.2) is 24.3 Å². The summed E-state index contributed by atoms with van der Waals surface area (Å²) < 4.78 is 5.70. The predicted octanol–water partition coefficient (Wildman–Crippen LogP) is 1.14. The highest BCUT2D eigenvalue weighted by Gasteiger charge is 2.24. The number of carbonyl (C=O) groups excluding carboxylic acids is 2. The van der Waals surface area contributed by atoms with Gasteiger partial charge >= 0.3 is 0 Å². The first-order chi connectivity index (χ1) is 10.6. The molecule has 120 valence electrons. The smallest absolute Gasteiger partial charge is 0.237 e. The Kier molecular flexibility index (Phi) is 5.77. The number of ether oxygens (including phenoxy) is 1. The summed E-state index contributed by atoms with van der Waals surface area (Å²) in [5.41, 5.74) is 0.629. The van der Waals surface area contributed by atoms with Crippen molar-refractivity contribution in [3.8, 4) is 5.75 Å². The lowest BCUT2D eigenvalue weighted by Gasteiger charge is -2.23. The van der Waals surface area contributed by atoms with Gasteiger partial charge in [-0.15, -0.1) is 0 Å². The van der Waals surface area contributed by atoms with E-state index < -0.39 is 6.04 Å². The lowest BCUT2D eigenvalue weighted by molar-refractivity contribution is -0.127. The van der Waals surface area contributed by atoms with Crippen LogP contribution in [0.25, 0.3) is 0 Å². The first-order valence-electron chi connectivity index (χ1n) is 7.59. The fourth-order valence-corrected chi connectivity index (χ4v) is 2.15. The van der Waals surface area contributed by atoms with Crippen molar-refractivity contribution in [2.75, 3.05) is 25.0 Å². The van der Waals surface area contributed by atoms with Crippen LogP contribution in [0.5, 0.6) is 5.75 Å². The van der Waals surface area contributed by atoms with Crippen molar-refractivity contribution < 1.29 is 14.3 Å². The first-order valence-corrected chi connectivity index (χ1v) is 7.59. The predicted molar refractivity (Wildman–Crippen MR) is 84.8 cm³/mol.